The highest BCUT2D eigenvalue weighted by Crippen LogP contribution is 2.30. The molecule has 7 heteroatoms. The second-order valence-corrected chi connectivity index (χ2v) is 4.82. The van der Waals surface area contributed by atoms with Crippen molar-refractivity contribution in [3.63, 3.8) is 0 Å². The van der Waals surface area contributed by atoms with E-state index in [0.717, 1.165) is 12.1 Å². The lowest BCUT2D eigenvalue weighted by atomic mass is 10.2. The second kappa shape index (κ2) is 5.93. The molecule has 1 heterocycles. The third-order valence-electron chi connectivity index (χ3n) is 3.05. The monoisotopic (exact) mass is 307 g/mol. The highest BCUT2D eigenvalue weighted by atomic mass is 19.4. The van der Waals surface area contributed by atoms with E-state index in [4.69, 9.17) is 0 Å². The van der Waals surface area contributed by atoms with Gasteiger partial charge in [-0.2, -0.15) is 18.4 Å². The number of aromatic amines is 1. The molecule has 0 radical (unpaired) electrons. The standard InChI is InChI=1S/C15H13F3N4/c1-22(2)13-7-8-20-14(12(13)9-19)21-11-5-3-10(4-6-11)15(16,17)18/h3-8H,1-2H3,(H,20,21)/p+1. The SMILES string of the molecule is CN(C)c1cc[nH+]c(Nc2ccc(C(F)(F)F)cc2)c1C#N. The summed E-state index contributed by atoms with van der Waals surface area (Å²) in [4.78, 5) is 4.68. The molecule has 1 aromatic heterocycles. The van der Waals surface area contributed by atoms with E-state index in [2.05, 4.69) is 16.4 Å². The van der Waals surface area contributed by atoms with Crippen LogP contribution in [-0.4, -0.2) is 14.1 Å². The van der Waals surface area contributed by atoms with Gasteiger partial charge in [-0.05, 0) is 24.3 Å². The number of pyridine rings is 1. The van der Waals surface area contributed by atoms with Gasteiger partial charge in [0.25, 0.3) is 5.82 Å². The Hall–Kier alpha value is -2.75. The number of alkyl halides is 3. The van der Waals surface area contributed by atoms with Crippen molar-refractivity contribution >= 4 is 17.2 Å². The summed E-state index contributed by atoms with van der Waals surface area (Å²) in [6.07, 6.45) is -2.71. The normalized spacial score (nSPS) is 10.9. The third kappa shape index (κ3) is 3.28. The minimum absolute atomic E-state index is 0.382. The molecule has 0 aliphatic heterocycles. The van der Waals surface area contributed by atoms with Gasteiger partial charge in [-0.25, -0.2) is 10.3 Å². The molecular weight excluding hydrogens is 293 g/mol. The molecule has 22 heavy (non-hydrogen) atoms. The fourth-order valence-corrected chi connectivity index (χ4v) is 1.96. The van der Waals surface area contributed by atoms with Crippen LogP contribution in [0.15, 0.2) is 36.5 Å². The molecule has 0 aliphatic rings. The predicted octanol–water partition coefficient (Wildman–Crippen LogP) is 3.20. The average molecular weight is 307 g/mol. The van der Waals surface area contributed by atoms with E-state index in [1.807, 2.05) is 0 Å². The largest absolute Gasteiger partial charge is 0.416 e. The summed E-state index contributed by atoms with van der Waals surface area (Å²) in [5.74, 6) is 0.424. The zero-order valence-corrected chi connectivity index (χ0v) is 12.0. The van der Waals surface area contributed by atoms with E-state index in [1.165, 1.54) is 12.1 Å². The third-order valence-corrected chi connectivity index (χ3v) is 3.05. The number of benzene rings is 1. The molecule has 2 aromatic rings. The molecule has 0 saturated carbocycles. The quantitative estimate of drug-likeness (QED) is 0.947. The van der Waals surface area contributed by atoms with Gasteiger partial charge in [0.05, 0.1) is 17.4 Å². The summed E-state index contributed by atoms with van der Waals surface area (Å²) in [6, 6.07) is 8.45. The smallest absolute Gasteiger partial charge is 0.376 e. The summed E-state index contributed by atoms with van der Waals surface area (Å²) in [6.45, 7) is 0. The first-order valence-corrected chi connectivity index (χ1v) is 6.39. The number of nitrogens with one attached hydrogen (secondary N) is 2. The summed E-state index contributed by atoms with van der Waals surface area (Å²) >= 11 is 0. The van der Waals surface area contributed by atoms with Gasteiger partial charge in [-0.1, -0.05) is 0 Å². The Morgan fingerprint density at radius 3 is 2.27 bits per heavy atom. The Morgan fingerprint density at radius 1 is 1.14 bits per heavy atom. The molecule has 0 fully saturated rings. The van der Waals surface area contributed by atoms with Crippen molar-refractivity contribution in [3.8, 4) is 6.07 Å². The van der Waals surface area contributed by atoms with Gasteiger partial charge < -0.3 is 4.90 Å². The van der Waals surface area contributed by atoms with E-state index < -0.39 is 11.7 Å². The molecule has 0 amide bonds. The van der Waals surface area contributed by atoms with Crippen molar-refractivity contribution < 1.29 is 18.2 Å². The molecule has 0 atom stereocenters. The fourth-order valence-electron chi connectivity index (χ4n) is 1.96. The molecule has 0 spiro atoms. The number of halogens is 3. The zero-order chi connectivity index (χ0) is 16.3. The van der Waals surface area contributed by atoms with Crippen LogP contribution in [0.3, 0.4) is 0 Å². The lowest BCUT2D eigenvalue weighted by molar-refractivity contribution is -0.360. The number of rotatable bonds is 3. The lowest BCUT2D eigenvalue weighted by Crippen LogP contribution is -2.17. The first kappa shape index (κ1) is 15.6. The Labute approximate surface area is 125 Å². The fraction of sp³-hybridized carbons (Fsp3) is 0.200. The number of aromatic nitrogens is 1. The summed E-state index contributed by atoms with van der Waals surface area (Å²) < 4.78 is 37.6. The van der Waals surface area contributed by atoms with Crippen molar-refractivity contribution in [1.82, 2.24) is 0 Å². The topological polar surface area (TPSA) is 53.2 Å². The Morgan fingerprint density at radius 2 is 1.77 bits per heavy atom. The van der Waals surface area contributed by atoms with Gasteiger partial charge in [0.1, 0.15) is 11.8 Å². The minimum Gasteiger partial charge on any atom is -0.376 e. The maximum absolute atomic E-state index is 12.5. The summed E-state index contributed by atoms with van der Waals surface area (Å²) in [5, 5.41) is 12.2. The van der Waals surface area contributed by atoms with Crippen LogP contribution in [0.2, 0.25) is 0 Å². The van der Waals surface area contributed by atoms with Gasteiger partial charge in [-0.15, -0.1) is 0 Å². The molecule has 0 unspecified atom stereocenters. The van der Waals surface area contributed by atoms with Crippen LogP contribution in [0, 0.1) is 11.3 Å². The van der Waals surface area contributed by atoms with Gasteiger partial charge in [-0.3, -0.25) is 0 Å². The molecule has 2 rings (SSSR count). The first-order chi connectivity index (χ1) is 10.3. The maximum atomic E-state index is 12.5. The van der Waals surface area contributed by atoms with Gasteiger partial charge in [0.2, 0.25) is 0 Å². The molecule has 2 N–H and O–H groups in total. The number of anilines is 3. The molecule has 114 valence electrons. The molecular formula is C15H14F3N4+. The van der Waals surface area contributed by atoms with E-state index in [9.17, 15) is 18.4 Å². The summed E-state index contributed by atoms with van der Waals surface area (Å²) in [7, 11) is 3.61. The second-order valence-electron chi connectivity index (χ2n) is 4.82. The molecule has 1 aromatic carbocycles. The van der Waals surface area contributed by atoms with E-state index in [-0.39, 0.29) is 0 Å². The van der Waals surface area contributed by atoms with Crippen LogP contribution in [0.1, 0.15) is 11.1 Å². The van der Waals surface area contributed by atoms with E-state index in [1.54, 1.807) is 31.3 Å². The molecule has 0 saturated heterocycles. The molecule has 0 aliphatic carbocycles. The van der Waals surface area contributed by atoms with Crippen molar-refractivity contribution in [2.75, 3.05) is 24.3 Å². The van der Waals surface area contributed by atoms with Crippen LogP contribution in [0.25, 0.3) is 0 Å². The van der Waals surface area contributed by atoms with Crippen LogP contribution in [0.4, 0.5) is 30.4 Å². The van der Waals surface area contributed by atoms with Gasteiger partial charge in [0.15, 0.2) is 5.56 Å². The lowest BCUT2D eigenvalue weighted by Gasteiger charge is -2.13. The number of hydrogen-bond donors (Lipinski definition) is 1. The van der Waals surface area contributed by atoms with Crippen LogP contribution in [-0.2, 0) is 6.18 Å². The summed E-state index contributed by atoms with van der Waals surface area (Å²) in [5.41, 5.74) is 0.823. The Balaban J connectivity index is 2.32. The Bertz CT molecular complexity index is 700. The van der Waals surface area contributed by atoms with Crippen molar-refractivity contribution in [2.45, 2.75) is 6.18 Å². The van der Waals surface area contributed by atoms with Crippen LogP contribution < -0.4 is 15.2 Å². The number of nitrogens with zero attached hydrogens (tertiary/aromatic N) is 2. The van der Waals surface area contributed by atoms with Crippen LogP contribution >= 0.6 is 0 Å². The van der Waals surface area contributed by atoms with Gasteiger partial charge in [0, 0.05) is 20.2 Å². The Kier molecular flexibility index (Phi) is 4.22. The highest BCUT2D eigenvalue weighted by Gasteiger charge is 2.30. The predicted molar refractivity (Wildman–Crippen MR) is 76.8 cm³/mol. The molecule has 4 nitrogen and oxygen atoms in total. The number of nitriles is 1. The van der Waals surface area contributed by atoms with Crippen molar-refractivity contribution in [3.05, 3.63) is 47.7 Å². The van der Waals surface area contributed by atoms with Crippen molar-refractivity contribution in [1.29, 1.82) is 5.26 Å². The molecule has 0 bridgehead atoms. The number of H-pyrrole nitrogens is 1. The highest BCUT2D eigenvalue weighted by molar-refractivity contribution is 5.70. The van der Waals surface area contributed by atoms with Crippen LogP contribution in [0.5, 0.6) is 0 Å². The van der Waals surface area contributed by atoms with E-state index >= 15 is 0 Å². The van der Waals surface area contributed by atoms with E-state index in [0.29, 0.717) is 22.8 Å². The number of hydrogen-bond acceptors (Lipinski definition) is 3. The first-order valence-electron chi connectivity index (χ1n) is 6.39. The zero-order valence-electron chi connectivity index (χ0n) is 12.0. The maximum Gasteiger partial charge on any atom is 0.416 e. The minimum atomic E-state index is -4.37. The van der Waals surface area contributed by atoms with Crippen molar-refractivity contribution in [2.24, 2.45) is 0 Å². The average Bonchev–Trinajstić information content (AvgIpc) is 2.46. The van der Waals surface area contributed by atoms with Gasteiger partial charge >= 0.3 is 6.18 Å².